The predicted octanol–water partition coefficient (Wildman–Crippen LogP) is 3.25. The summed E-state index contributed by atoms with van der Waals surface area (Å²) in [7, 11) is 3.24. The number of nitrogens with zero attached hydrogens (tertiary/aromatic N) is 2. The van der Waals surface area contributed by atoms with Crippen LogP contribution in [0.1, 0.15) is 18.1 Å². The first kappa shape index (κ1) is 18.3. The highest BCUT2D eigenvalue weighted by Crippen LogP contribution is 2.34. The molecular weight excluding hydrogens is 328 g/mol. The number of anilines is 1. The number of carbonyl (C=O) groups excluding carboxylic acids is 1. The lowest BCUT2D eigenvalue weighted by Gasteiger charge is -2.39. The highest BCUT2D eigenvalue weighted by Gasteiger charge is 2.33. The van der Waals surface area contributed by atoms with E-state index in [2.05, 4.69) is 24.0 Å². The SMILES string of the molecule is COc1ccc(OC)c(N2CCN(Cc3ccccc3C)[C@H](C)C2=O)c1. The molecule has 1 saturated heterocycles. The molecule has 1 aliphatic rings. The van der Waals surface area contributed by atoms with Crippen LogP contribution in [0, 0.1) is 6.92 Å². The Kier molecular flexibility index (Phi) is 5.47. The summed E-state index contributed by atoms with van der Waals surface area (Å²) < 4.78 is 10.8. The van der Waals surface area contributed by atoms with E-state index in [1.165, 1.54) is 11.1 Å². The lowest BCUT2D eigenvalue weighted by molar-refractivity contribution is -0.125. The van der Waals surface area contributed by atoms with Gasteiger partial charge in [-0.25, -0.2) is 0 Å². The zero-order chi connectivity index (χ0) is 18.7. The van der Waals surface area contributed by atoms with Crippen LogP contribution in [0.15, 0.2) is 42.5 Å². The van der Waals surface area contributed by atoms with Crippen molar-refractivity contribution in [2.75, 3.05) is 32.2 Å². The van der Waals surface area contributed by atoms with E-state index in [-0.39, 0.29) is 11.9 Å². The number of piperazine rings is 1. The molecule has 26 heavy (non-hydrogen) atoms. The summed E-state index contributed by atoms with van der Waals surface area (Å²) in [6, 6.07) is 13.7. The monoisotopic (exact) mass is 354 g/mol. The summed E-state index contributed by atoms with van der Waals surface area (Å²) in [6.45, 7) is 6.29. The van der Waals surface area contributed by atoms with Gasteiger partial charge in [0.05, 0.1) is 25.9 Å². The van der Waals surface area contributed by atoms with Gasteiger partial charge in [0.1, 0.15) is 11.5 Å². The predicted molar refractivity (Wildman–Crippen MR) is 103 cm³/mol. The fourth-order valence-electron chi connectivity index (χ4n) is 3.38. The van der Waals surface area contributed by atoms with Gasteiger partial charge in [-0.3, -0.25) is 9.69 Å². The van der Waals surface area contributed by atoms with Crippen molar-refractivity contribution in [2.24, 2.45) is 0 Å². The molecule has 0 aromatic heterocycles. The maximum absolute atomic E-state index is 13.1. The third kappa shape index (κ3) is 3.53. The number of rotatable bonds is 5. The standard InChI is InChI=1S/C21H26N2O3/c1-15-7-5-6-8-17(15)14-22-11-12-23(21(24)16(22)2)19-13-18(25-3)9-10-20(19)26-4/h5-10,13,16H,11-12,14H2,1-4H3/t16-/m1/s1. The van der Waals surface area contributed by atoms with E-state index in [0.717, 1.165) is 18.8 Å². The molecule has 3 rings (SSSR count). The summed E-state index contributed by atoms with van der Waals surface area (Å²) in [4.78, 5) is 17.1. The molecule has 0 N–H and O–H groups in total. The van der Waals surface area contributed by atoms with Crippen molar-refractivity contribution >= 4 is 11.6 Å². The molecule has 138 valence electrons. The molecule has 1 amide bonds. The summed E-state index contributed by atoms with van der Waals surface area (Å²) >= 11 is 0. The summed E-state index contributed by atoms with van der Waals surface area (Å²) in [6.07, 6.45) is 0. The third-order valence-electron chi connectivity index (χ3n) is 5.09. The Morgan fingerprint density at radius 1 is 1.08 bits per heavy atom. The second-order valence-electron chi connectivity index (χ2n) is 6.60. The molecule has 0 bridgehead atoms. The first-order valence-electron chi connectivity index (χ1n) is 8.87. The lowest BCUT2D eigenvalue weighted by atomic mass is 10.1. The Labute approximate surface area is 155 Å². The van der Waals surface area contributed by atoms with E-state index in [0.29, 0.717) is 18.0 Å². The largest absolute Gasteiger partial charge is 0.497 e. The summed E-state index contributed by atoms with van der Waals surface area (Å²) in [5, 5.41) is 0. The van der Waals surface area contributed by atoms with Gasteiger partial charge in [0, 0.05) is 25.7 Å². The van der Waals surface area contributed by atoms with Crippen LogP contribution in [0.2, 0.25) is 0 Å². The van der Waals surface area contributed by atoms with Gasteiger partial charge in [-0.15, -0.1) is 0 Å². The van der Waals surface area contributed by atoms with E-state index < -0.39 is 0 Å². The molecule has 0 saturated carbocycles. The molecule has 1 aliphatic heterocycles. The molecule has 0 radical (unpaired) electrons. The average molecular weight is 354 g/mol. The van der Waals surface area contributed by atoms with Crippen LogP contribution in [-0.4, -0.2) is 44.2 Å². The number of aryl methyl sites for hydroxylation is 1. The minimum absolute atomic E-state index is 0.0800. The van der Waals surface area contributed by atoms with Crippen molar-refractivity contribution in [2.45, 2.75) is 26.4 Å². The van der Waals surface area contributed by atoms with Crippen LogP contribution in [0.25, 0.3) is 0 Å². The van der Waals surface area contributed by atoms with Crippen molar-refractivity contribution in [1.29, 1.82) is 0 Å². The third-order valence-corrected chi connectivity index (χ3v) is 5.09. The maximum atomic E-state index is 13.1. The van der Waals surface area contributed by atoms with Gasteiger partial charge in [-0.2, -0.15) is 0 Å². The van der Waals surface area contributed by atoms with Crippen molar-refractivity contribution in [3.05, 3.63) is 53.6 Å². The van der Waals surface area contributed by atoms with E-state index in [1.54, 1.807) is 19.1 Å². The summed E-state index contributed by atoms with van der Waals surface area (Å²) in [5.41, 5.74) is 3.28. The Morgan fingerprint density at radius 3 is 2.54 bits per heavy atom. The first-order chi connectivity index (χ1) is 12.5. The van der Waals surface area contributed by atoms with Crippen LogP contribution < -0.4 is 14.4 Å². The molecule has 0 aliphatic carbocycles. The van der Waals surface area contributed by atoms with Crippen LogP contribution in [0.3, 0.4) is 0 Å². The van der Waals surface area contributed by atoms with E-state index in [9.17, 15) is 4.79 Å². The molecule has 5 heteroatoms. The van der Waals surface area contributed by atoms with Gasteiger partial charge in [-0.05, 0) is 37.1 Å². The minimum Gasteiger partial charge on any atom is -0.497 e. The Hall–Kier alpha value is -2.53. The average Bonchev–Trinajstić information content (AvgIpc) is 2.67. The van der Waals surface area contributed by atoms with Crippen LogP contribution in [0.5, 0.6) is 11.5 Å². The molecule has 1 fully saturated rings. The van der Waals surface area contributed by atoms with Crippen LogP contribution in [-0.2, 0) is 11.3 Å². The van der Waals surface area contributed by atoms with Crippen molar-refractivity contribution in [3.63, 3.8) is 0 Å². The van der Waals surface area contributed by atoms with Crippen LogP contribution in [0.4, 0.5) is 5.69 Å². The number of amides is 1. The maximum Gasteiger partial charge on any atom is 0.244 e. The first-order valence-corrected chi connectivity index (χ1v) is 8.87. The van der Waals surface area contributed by atoms with Crippen molar-refractivity contribution < 1.29 is 14.3 Å². The molecule has 0 unspecified atom stereocenters. The van der Waals surface area contributed by atoms with E-state index >= 15 is 0 Å². The van der Waals surface area contributed by atoms with Gasteiger partial charge in [0.15, 0.2) is 0 Å². The number of hydrogen-bond acceptors (Lipinski definition) is 4. The molecule has 2 aromatic rings. The second kappa shape index (κ2) is 7.79. The second-order valence-corrected chi connectivity index (χ2v) is 6.60. The van der Waals surface area contributed by atoms with Gasteiger partial charge >= 0.3 is 0 Å². The topological polar surface area (TPSA) is 42.0 Å². The van der Waals surface area contributed by atoms with Gasteiger partial charge < -0.3 is 14.4 Å². The molecule has 2 aromatic carbocycles. The molecule has 1 heterocycles. The van der Waals surface area contributed by atoms with Crippen LogP contribution >= 0.6 is 0 Å². The smallest absolute Gasteiger partial charge is 0.244 e. The van der Waals surface area contributed by atoms with E-state index in [1.807, 2.05) is 37.3 Å². The Balaban J connectivity index is 1.81. The normalized spacial score (nSPS) is 18.1. The number of benzene rings is 2. The number of methoxy groups -OCH3 is 2. The molecule has 5 nitrogen and oxygen atoms in total. The summed E-state index contributed by atoms with van der Waals surface area (Å²) in [5.74, 6) is 1.47. The van der Waals surface area contributed by atoms with Crippen molar-refractivity contribution in [1.82, 2.24) is 4.90 Å². The highest BCUT2D eigenvalue weighted by molar-refractivity contribution is 5.99. The zero-order valence-electron chi connectivity index (χ0n) is 15.9. The zero-order valence-corrected chi connectivity index (χ0v) is 15.9. The van der Waals surface area contributed by atoms with Gasteiger partial charge in [0.25, 0.3) is 0 Å². The Bertz CT molecular complexity index is 791. The number of carbonyl (C=O) groups is 1. The highest BCUT2D eigenvalue weighted by atomic mass is 16.5. The fraction of sp³-hybridized carbons (Fsp3) is 0.381. The van der Waals surface area contributed by atoms with E-state index in [4.69, 9.17) is 9.47 Å². The lowest BCUT2D eigenvalue weighted by Crippen LogP contribution is -2.55. The van der Waals surface area contributed by atoms with Gasteiger partial charge in [0.2, 0.25) is 5.91 Å². The molecule has 0 spiro atoms. The minimum atomic E-state index is -0.195. The Morgan fingerprint density at radius 2 is 1.85 bits per heavy atom. The number of ether oxygens (including phenoxy) is 2. The van der Waals surface area contributed by atoms with Crippen molar-refractivity contribution in [3.8, 4) is 11.5 Å². The number of hydrogen-bond donors (Lipinski definition) is 0. The van der Waals surface area contributed by atoms with Gasteiger partial charge in [-0.1, -0.05) is 24.3 Å². The molecular formula is C21H26N2O3. The molecule has 1 atom stereocenters. The quantitative estimate of drug-likeness (QED) is 0.827. The fourth-order valence-corrected chi connectivity index (χ4v) is 3.38.